The third-order valence-corrected chi connectivity index (χ3v) is 4.71. The molecule has 152 valence electrons. The second-order valence-corrected chi connectivity index (χ2v) is 6.94. The molecule has 0 aromatic carbocycles. The number of likely N-dealkylation sites (N-methyl/N-ethyl adjacent to an activating group) is 2. The number of piperazine rings is 1. The lowest BCUT2D eigenvalue weighted by molar-refractivity contribution is -0.197. The van der Waals surface area contributed by atoms with Gasteiger partial charge in [0.25, 0.3) is 11.8 Å². The maximum atomic E-state index is 12.2. The number of carbonyl (C=O) groups excluding carboxylic acids is 4. The molecule has 2 aliphatic heterocycles. The first-order chi connectivity index (χ1) is 12.9. The summed E-state index contributed by atoms with van der Waals surface area (Å²) >= 11 is 0. The van der Waals surface area contributed by atoms with Gasteiger partial charge in [0.2, 0.25) is 5.91 Å². The third kappa shape index (κ3) is 6.89. The largest absolute Gasteiger partial charge is 0.343 e. The molecule has 3 amide bonds. The molecule has 0 unspecified atom stereocenters. The molecule has 0 bridgehead atoms. The number of nitrogens with zero attached hydrogens (tertiary/aromatic N) is 4. The van der Waals surface area contributed by atoms with Crippen LogP contribution in [0.3, 0.4) is 0 Å². The van der Waals surface area contributed by atoms with Gasteiger partial charge in [-0.25, -0.2) is 4.79 Å². The van der Waals surface area contributed by atoms with Gasteiger partial charge in [-0.1, -0.05) is 0 Å². The van der Waals surface area contributed by atoms with Crippen LogP contribution >= 0.6 is 0 Å². The Morgan fingerprint density at radius 2 is 1.70 bits per heavy atom. The predicted octanol–water partition coefficient (Wildman–Crippen LogP) is -1.72. The summed E-state index contributed by atoms with van der Waals surface area (Å²) in [5.41, 5.74) is 0. The van der Waals surface area contributed by atoms with Gasteiger partial charge in [-0.05, 0) is 7.05 Å². The normalized spacial score (nSPS) is 18.8. The Kier molecular flexibility index (Phi) is 8.14. The van der Waals surface area contributed by atoms with Crippen molar-refractivity contribution in [1.29, 1.82) is 0 Å². The van der Waals surface area contributed by atoms with Crippen molar-refractivity contribution in [3.63, 3.8) is 0 Å². The summed E-state index contributed by atoms with van der Waals surface area (Å²) in [5, 5.41) is 3.60. The molecule has 0 aromatic heterocycles. The van der Waals surface area contributed by atoms with E-state index in [1.165, 1.54) is 0 Å². The van der Waals surface area contributed by atoms with Crippen LogP contribution in [0.4, 0.5) is 0 Å². The van der Waals surface area contributed by atoms with Crippen molar-refractivity contribution < 1.29 is 24.0 Å². The quantitative estimate of drug-likeness (QED) is 0.371. The number of nitrogens with one attached hydrogen (secondary N) is 1. The van der Waals surface area contributed by atoms with Crippen molar-refractivity contribution in [3.8, 4) is 0 Å². The molecule has 0 aromatic rings. The van der Waals surface area contributed by atoms with E-state index in [0.29, 0.717) is 31.2 Å². The van der Waals surface area contributed by atoms with E-state index in [9.17, 15) is 19.2 Å². The van der Waals surface area contributed by atoms with E-state index in [1.54, 1.807) is 11.9 Å². The second kappa shape index (κ2) is 10.3. The van der Waals surface area contributed by atoms with Crippen LogP contribution in [-0.4, -0.2) is 110 Å². The molecule has 10 nitrogen and oxygen atoms in total. The van der Waals surface area contributed by atoms with E-state index in [-0.39, 0.29) is 25.2 Å². The summed E-state index contributed by atoms with van der Waals surface area (Å²) in [7, 11) is 3.84. The molecule has 0 spiro atoms. The van der Waals surface area contributed by atoms with Crippen molar-refractivity contribution in [2.24, 2.45) is 0 Å². The van der Waals surface area contributed by atoms with Crippen LogP contribution < -0.4 is 5.32 Å². The zero-order chi connectivity index (χ0) is 19.8. The fourth-order valence-electron chi connectivity index (χ4n) is 2.81. The van der Waals surface area contributed by atoms with E-state index >= 15 is 0 Å². The SMILES string of the molecule is CN1CCN(CC(=O)N(C)CCNCCC(=O)ON2C(=O)CCC2=O)CC1. The Balaban J connectivity index is 1.54. The minimum absolute atomic E-state index is 0.0377. The van der Waals surface area contributed by atoms with Crippen LogP contribution in [0.15, 0.2) is 0 Å². The lowest BCUT2D eigenvalue weighted by Gasteiger charge is -2.32. The highest BCUT2D eigenvalue weighted by molar-refractivity contribution is 6.01. The molecule has 0 aliphatic carbocycles. The average molecular weight is 383 g/mol. The first kappa shape index (κ1) is 21.3. The molecule has 2 fully saturated rings. The summed E-state index contributed by atoms with van der Waals surface area (Å²) in [5.74, 6) is -1.53. The third-order valence-electron chi connectivity index (χ3n) is 4.71. The van der Waals surface area contributed by atoms with Gasteiger partial charge in [-0.3, -0.25) is 19.3 Å². The number of carbonyl (C=O) groups is 4. The molecule has 10 heteroatoms. The van der Waals surface area contributed by atoms with E-state index in [0.717, 1.165) is 26.2 Å². The maximum absolute atomic E-state index is 12.2. The molecule has 2 saturated heterocycles. The molecule has 0 atom stereocenters. The molecule has 2 heterocycles. The van der Waals surface area contributed by atoms with Crippen LogP contribution in [0.2, 0.25) is 0 Å². The summed E-state index contributed by atoms with van der Waals surface area (Å²) in [6.45, 7) is 5.60. The lowest BCUT2D eigenvalue weighted by atomic mass is 10.3. The highest BCUT2D eigenvalue weighted by Gasteiger charge is 2.32. The van der Waals surface area contributed by atoms with Crippen molar-refractivity contribution in [2.75, 3.05) is 66.5 Å². The summed E-state index contributed by atoms with van der Waals surface area (Å²) in [4.78, 5) is 57.5. The van der Waals surface area contributed by atoms with E-state index in [4.69, 9.17) is 4.84 Å². The molecular formula is C17H29N5O5. The standard InChI is InChI=1S/C17H29N5O5/c1-19-9-11-21(12-10-19)13-16(25)20(2)8-7-18-6-5-17(26)27-22-14(23)3-4-15(22)24/h18H,3-13H2,1-2H3. The number of rotatable bonds is 9. The van der Waals surface area contributed by atoms with Crippen LogP contribution in [0.25, 0.3) is 0 Å². The van der Waals surface area contributed by atoms with Gasteiger partial charge >= 0.3 is 5.97 Å². The topological polar surface area (TPSA) is 102 Å². The van der Waals surface area contributed by atoms with Gasteiger partial charge in [0.05, 0.1) is 13.0 Å². The first-order valence-corrected chi connectivity index (χ1v) is 9.29. The zero-order valence-corrected chi connectivity index (χ0v) is 16.1. The Morgan fingerprint density at radius 1 is 1.07 bits per heavy atom. The number of imide groups is 1. The lowest BCUT2D eigenvalue weighted by Crippen LogP contribution is -2.49. The van der Waals surface area contributed by atoms with Gasteiger partial charge in [-0.15, -0.1) is 5.06 Å². The molecular weight excluding hydrogens is 354 g/mol. The fourth-order valence-corrected chi connectivity index (χ4v) is 2.81. The van der Waals surface area contributed by atoms with Crippen molar-refractivity contribution in [3.05, 3.63) is 0 Å². The van der Waals surface area contributed by atoms with Gasteiger partial charge in [0, 0.05) is 65.7 Å². The second-order valence-electron chi connectivity index (χ2n) is 6.94. The number of hydrogen-bond donors (Lipinski definition) is 1. The maximum Gasteiger partial charge on any atom is 0.334 e. The molecule has 1 N–H and O–H groups in total. The predicted molar refractivity (Wildman–Crippen MR) is 96.2 cm³/mol. The summed E-state index contributed by atoms with van der Waals surface area (Å²) < 4.78 is 0. The van der Waals surface area contributed by atoms with Crippen LogP contribution in [0, 0.1) is 0 Å². The Bertz CT molecular complexity index is 546. The van der Waals surface area contributed by atoms with Gasteiger partial charge in [0.1, 0.15) is 0 Å². The van der Waals surface area contributed by atoms with Crippen LogP contribution in [0.1, 0.15) is 19.3 Å². The fraction of sp³-hybridized carbons (Fsp3) is 0.765. The monoisotopic (exact) mass is 383 g/mol. The minimum atomic E-state index is -0.634. The van der Waals surface area contributed by atoms with Gasteiger partial charge < -0.3 is 20.0 Å². The van der Waals surface area contributed by atoms with Gasteiger partial charge in [-0.2, -0.15) is 0 Å². The average Bonchev–Trinajstić information content (AvgIpc) is 2.95. The number of hydrogen-bond acceptors (Lipinski definition) is 8. The first-order valence-electron chi connectivity index (χ1n) is 9.29. The summed E-state index contributed by atoms with van der Waals surface area (Å²) in [6, 6.07) is 0. The van der Waals surface area contributed by atoms with E-state index < -0.39 is 17.8 Å². The Hall–Kier alpha value is -2.04. The highest BCUT2D eigenvalue weighted by atomic mass is 16.7. The van der Waals surface area contributed by atoms with Crippen LogP contribution in [0.5, 0.6) is 0 Å². The zero-order valence-electron chi connectivity index (χ0n) is 16.1. The summed E-state index contributed by atoms with van der Waals surface area (Å²) in [6.07, 6.45) is 0.202. The highest BCUT2D eigenvalue weighted by Crippen LogP contribution is 2.12. The van der Waals surface area contributed by atoms with Crippen molar-refractivity contribution >= 4 is 23.7 Å². The number of hydroxylamine groups is 2. The van der Waals surface area contributed by atoms with Crippen LogP contribution in [-0.2, 0) is 24.0 Å². The number of amides is 3. The Morgan fingerprint density at radius 3 is 2.33 bits per heavy atom. The van der Waals surface area contributed by atoms with Crippen molar-refractivity contribution in [2.45, 2.75) is 19.3 Å². The van der Waals surface area contributed by atoms with Crippen molar-refractivity contribution in [1.82, 2.24) is 25.1 Å². The van der Waals surface area contributed by atoms with Gasteiger partial charge in [0.15, 0.2) is 0 Å². The molecule has 0 saturated carbocycles. The smallest absolute Gasteiger partial charge is 0.334 e. The Labute approximate surface area is 159 Å². The minimum Gasteiger partial charge on any atom is -0.343 e. The molecule has 2 aliphatic rings. The van der Waals surface area contributed by atoms with E-state index in [2.05, 4.69) is 22.2 Å². The molecule has 0 radical (unpaired) electrons. The molecule has 27 heavy (non-hydrogen) atoms. The van der Waals surface area contributed by atoms with E-state index in [1.807, 2.05) is 0 Å². The molecule has 2 rings (SSSR count).